The van der Waals surface area contributed by atoms with Gasteiger partial charge in [0.2, 0.25) is 0 Å². The van der Waals surface area contributed by atoms with Gasteiger partial charge in [-0.2, -0.15) is 4.37 Å². The largest absolute Gasteiger partial charge is 0.324 e. The van der Waals surface area contributed by atoms with Crippen LogP contribution in [0.3, 0.4) is 0 Å². The highest BCUT2D eigenvalue weighted by Crippen LogP contribution is 2.28. The summed E-state index contributed by atoms with van der Waals surface area (Å²) in [6.45, 7) is 1.98. The molecule has 0 bridgehead atoms. The molecule has 2 N–H and O–H groups in total. The van der Waals surface area contributed by atoms with Gasteiger partial charge in [0.1, 0.15) is 6.33 Å². The van der Waals surface area contributed by atoms with E-state index in [0.717, 1.165) is 14.8 Å². The lowest BCUT2D eigenvalue weighted by Gasteiger charge is -2.05. The van der Waals surface area contributed by atoms with Crippen LogP contribution in [0.25, 0.3) is 0 Å². The lowest BCUT2D eigenvalue weighted by atomic mass is 10.1. The predicted molar refractivity (Wildman–Crippen MR) is 63.1 cm³/mol. The number of hydrogen-bond donors (Lipinski definition) is 1. The van der Waals surface area contributed by atoms with Crippen LogP contribution in [-0.4, -0.2) is 9.36 Å². The first-order valence-electron chi connectivity index (χ1n) is 4.56. The van der Waals surface area contributed by atoms with Gasteiger partial charge in [0, 0.05) is 10.9 Å². The molecule has 0 spiro atoms. The van der Waals surface area contributed by atoms with E-state index in [0.29, 0.717) is 0 Å². The van der Waals surface area contributed by atoms with E-state index >= 15 is 0 Å². The molecule has 0 aliphatic rings. The van der Waals surface area contributed by atoms with E-state index in [4.69, 9.17) is 5.73 Å². The van der Waals surface area contributed by atoms with Crippen LogP contribution in [0.15, 0.2) is 39.8 Å². The molecule has 0 unspecified atom stereocenters. The fourth-order valence-electron chi connectivity index (χ4n) is 1.15. The number of nitrogens with zero attached hydrogens (tertiary/aromatic N) is 2. The zero-order valence-corrected chi connectivity index (χ0v) is 9.89. The number of hydrogen-bond acceptors (Lipinski definition) is 5. The fourth-order valence-corrected chi connectivity index (χ4v) is 2.57. The Morgan fingerprint density at radius 3 is 2.60 bits per heavy atom. The van der Waals surface area contributed by atoms with Gasteiger partial charge in [-0.05, 0) is 36.2 Å². The number of benzene rings is 1. The van der Waals surface area contributed by atoms with Gasteiger partial charge in [-0.15, -0.1) is 0 Å². The van der Waals surface area contributed by atoms with Crippen molar-refractivity contribution in [2.24, 2.45) is 5.73 Å². The monoisotopic (exact) mass is 237 g/mol. The second-order valence-electron chi connectivity index (χ2n) is 3.17. The highest BCUT2D eigenvalue weighted by molar-refractivity contribution is 8.01. The van der Waals surface area contributed by atoms with Gasteiger partial charge < -0.3 is 5.73 Å². The van der Waals surface area contributed by atoms with Crippen LogP contribution < -0.4 is 5.73 Å². The molecule has 2 rings (SSSR count). The van der Waals surface area contributed by atoms with Gasteiger partial charge >= 0.3 is 0 Å². The van der Waals surface area contributed by atoms with E-state index in [1.165, 1.54) is 11.5 Å². The average Bonchev–Trinajstić information content (AvgIpc) is 2.71. The Morgan fingerprint density at radius 1 is 1.33 bits per heavy atom. The minimum atomic E-state index is 0.0885. The van der Waals surface area contributed by atoms with Crippen LogP contribution in [-0.2, 0) is 0 Å². The molecule has 0 amide bonds. The molecule has 0 aliphatic heterocycles. The van der Waals surface area contributed by atoms with Crippen molar-refractivity contribution in [2.45, 2.75) is 22.2 Å². The Morgan fingerprint density at radius 2 is 2.07 bits per heavy atom. The quantitative estimate of drug-likeness (QED) is 0.891. The van der Waals surface area contributed by atoms with Crippen molar-refractivity contribution in [1.82, 2.24) is 9.36 Å². The molecule has 15 heavy (non-hydrogen) atoms. The van der Waals surface area contributed by atoms with Crippen LogP contribution in [0.5, 0.6) is 0 Å². The van der Waals surface area contributed by atoms with E-state index < -0.39 is 0 Å². The summed E-state index contributed by atoms with van der Waals surface area (Å²) in [6, 6.07) is 8.31. The van der Waals surface area contributed by atoms with Crippen molar-refractivity contribution in [1.29, 1.82) is 0 Å². The van der Waals surface area contributed by atoms with E-state index in [9.17, 15) is 0 Å². The van der Waals surface area contributed by atoms with Crippen molar-refractivity contribution in [3.05, 3.63) is 36.2 Å². The SMILES string of the molecule is C[C@H](N)c1ccc(Sc2ncns2)cc1. The molecule has 2 aromatic rings. The zero-order valence-electron chi connectivity index (χ0n) is 8.25. The highest BCUT2D eigenvalue weighted by atomic mass is 32.2. The van der Waals surface area contributed by atoms with Crippen molar-refractivity contribution in [3.63, 3.8) is 0 Å². The molecule has 5 heteroatoms. The third-order valence-electron chi connectivity index (χ3n) is 1.95. The van der Waals surface area contributed by atoms with Crippen molar-refractivity contribution >= 4 is 23.3 Å². The van der Waals surface area contributed by atoms with Crippen LogP contribution >= 0.6 is 23.3 Å². The van der Waals surface area contributed by atoms with E-state index in [2.05, 4.69) is 21.5 Å². The summed E-state index contributed by atoms with van der Waals surface area (Å²) in [5.41, 5.74) is 6.92. The van der Waals surface area contributed by atoms with Gasteiger partial charge in [-0.25, -0.2) is 4.98 Å². The first kappa shape index (κ1) is 10.6. The third-order valence-corrected chi connectivity index (χ3v) is 3.67. The van der Waals surface area contributed by atoms with Crippen LogP contribution in [0.1, 0.15) is 18.5 Å². The molecule has 1 aromatic carbocycles. The zero-order chi connectivity index (χ0) is 10.7. The fraction of sp³-hybridized carbons (Fsp3) is 0.200. The smallest absolute Gasteiger partial charge is 0.174 e. The minimum absolute atomic E-state index is 0.0885. The summed E-state index contributed by atoms with van der Waals surface area (Å²) in [7, 11) is 0. The van der Waals surface area contributed by atoms with Crippen molar-refractivity contribution in [3.8, 4) is 0 Å². The Hall–Kier alpha value is -0.910. The molecular weight excluding hydrogens is 226 g/mol. The molecule has 0 radical (unpaired) electrons. The van der Waals surface area contributed by atoms with Crippen LogP contribution in [0.2, 0.25) is 0 Å². The second kappa shape index (κ2) is 4.74. The summed E-state index contributed by atoms with van der Waals surface area (Å²) in [5, 5.41) is 0. The van der Waals surface area contributed by atoms with Gasteiger partial charge in [0.15, 0.2) is 4.34 Å². The molecular formula is C10H11N3S2. The molecule has 78 valence electrons. The first-order valence-corrected chi connectivity index (χ1v) is 6.15. The maximum atomic E-state index is 5.77. The van der Waals surface area contributed by atoms with E-state index in [1.54, 1.807) is 18.1 Å². The van der Waals surface area contributed by atoms with Crippen molar-refractivity contribution < 1.29 is 0 Å². The van der Waals surface area contributed by atoms with Crippen LogP contribution in [0, 0.1) is 0 Å². The van der Waals surface area contributed by atoms with Crippen molar-refractivity contribution in [2.75, 3.05) is 0 Å². The van der Waals surface area contributed by atoms with Gasteiger partial charge in [0.25, 0.3) is 0 Å². The molecule has 1 heterocycles. The average molecular weight is 237 g/mol. The molecule has 3 nitrogen and oxygen atoms in total. The Labute approximate surface area is 96.9 Å². The molecule has 0 saturated carbocycles. The summed E-state index contributed by atoms with van der Waals surface area (Å²) >= 11 is 3.02. The summed E-state index contributed by atoms with van der Waals surface area (Å²) in [6.07, 6.45) is 1.57. The van der Waals surface area contributed by atoms with E-state index in [-0.39, 0.29) is 6.04 Å². The van der Waals surface area contributed by atoms with E-state index in [1.807, 2.05) is 19.1 Å². The lowest BCUT2D eigenvalue weighted by Crippen LogP contribution is -2.04. The lowest BCUT2D eigenvalue weighted by molar-refractivity contribution is 0.817. The first-order chi connectivity index (χ1) is 7.25. The maximum absolute atomic E-state index is 5.77. The molecule has 1 atom stereocenters. The summed E-state index contributed by atoms with van der Waals surface area (Å²) in [4.78, 5) is 5.28. The second-order valence-corrected chi connectivity index (χ2v) is 5.27. The third kappa shape index (κ3) is 2.77. The highest BCUT2D eigenvalue weighted by Gasteiger charge is 2.02. The Kier molecular flexibility index (Phi) is 3.35. The van der Waals surface area contributed by atoms with Gasteiger partial charge in [0.05, 0.1) is 0 Å². The number of aromatic nitrogens is 2. The standard InChI is InChI=1S/C10H11N3S2/c1-7(11)8-2-4-9(5-3-8)14-10-12-6-13-15-10/h2-7H,11H2,1H3/t7-/m0/s1. The Bertz CT molecular complexity index is 409. The molecule has 0 saturated heterocycles. The maximum Gasteiger partial charge on any atom is 0.174 e. The molecule has 1 aromatic heterocycles. The predicted octanol–water partition coefficient (Wildman–Crippen LogP) is 2.71. The normalized spacial score (nSPS) is 12.7. The van der Waals surface area contributed by atoms with Gasteiger partial charge in [-0.3, -0.25) is 0 Å². The number of nitrogens with two attached hydrogens (primary N) is 1. The Balaban J connectivity index is 2.11. The topological polar surface area (TPSA) is 51.8 Å². The molecule has 0 fully saturated rings. The summed E-state index contributed by atoms with van der Waals surface area (Å²) in [5.74, 6) is 0. The summed E-state index contributed by atoms with van der Waals surface area (Å²) < 4.78 is 4.92. The number of rotatable bonds is 3. The minimum Gasteiger partial charge on any atom is -0.324 e. The van der Waals surface area contributed by atoms with Crippen LogP contribution in [0.4, 0.5) is 0 Å². The molecule has 0 aliphatic carbocycles. The van der Waals surface area contributed by atoms with Gasteiger partial charge in [-0.1, -0.05) is 23.9 Å².